The Morgan fingerprint density at radius 2 is 2.32 bits per heavy atom. The number of non-ortho nitro benzene ring substituents is 1. The molecule has 0 atom stereocenters. The van der Waals surface area contributed by atoms with Crippen LogP contribution < -0.4 is 10.1 Å². The number of nitro groups is 1. The lowest BCUT2D eigenvalue weighted by Crippen LogP contribution is -2.02. The van der Waals surface area contributed by atoms with Gasteiger partial charge in [-0.2, -0.15) is 0 Å². The lowest BCUT2D eigenvalue weighted by molar-refractivity contribution is -0.384. The van der Waals surface area contributed by atoms with Gasteiger partial charge in [0.2, 0.25) is 0 Å². The van der Waals surface area contributed by atoms with Gasteiger partial charge in [0.1, 0.15) is 10.8 Å². The van der Waals surface area contributed by atoms with Crippen molar-refractivity contribution < 1.29 is 9.66 Å². The molecule has 0 aliphatic rings. The highest BCUT2D eigenvalue weighted by Gasteiger charge is 2.11. The smallest absolute Gasteiger partial charge is 0.271 e. The van der Waals surface area contributed by atoms with Gasteiger partial charge in [-0.05, 0) is 13.0 Å². The maximum absolute atomic E-state index is 10.8. The molecule has 0 fully saturated rings. The molecule has 1 aromatic carbocycles. The monoisotopic (exact) mass is 279 g/mol. The van der Waals surface area contributed by atoms with Crippen molar-refractivity contribution in [1.29, 1.82) is 0 Å². The quantitative estimate of drug-likeness (QED) is 0.672. The molecule has 2 aromatic rings. The van der Waals surface area contributed by atoms with E-state index in [0.717, 1.165) is 10.7 Å². The number of nitrogens with zero attached hydrogens (tertiary/aromatic N) is 2. The first-order chi connectivity index (χ1) is 9.10. The third-order valence-corrected chi connectivity index (χ3v) is 3.46. The Balaban J connectivity index is 2.17. The molecule has 0 aliphatic carbocycles. The second-order valence-electron chi connectivity index (χ2n) is 3.88. The van der Waals surface area contributed by atoms with Crippen LogP contribution in [0.15, 0.2) is 23.6 Å². The van der Waals surface area contributed by atoms with Crippen LogP contribution in [-0.2, 0) is 6.54 Å². The highest BCUT2D eigenvalue weighted by atomic mass is 32.1. The van der Waals surface area contributed by atoms with Crippen molar-refractivity contribution in [3.05, 3.63) is 44.4 Å². The Bertz CT molecular complexity index is 598. The minimum atomic E-state index is -0.432. The van der Waals surface area contributed by atoms with Crippen LogP contribution in [0.2, 0.25) is 0 Å². The van der Waals surface area contributed by atoms with Gasteiger partial charge in [0.05, 0.1) is 24.3 Å². The Kier molecular flexibility index (Phi) is 3.96. The molecule has 0 radical (unpaired) electrons. The van der Waals surface area contributed by atoms with E-state index in [9.17, 15) is 10.1 Å². The van der Waals surface area contributed by atoms with E-state index in [1.165, 1.54) is 19.2 Å². The van der Waals surface area contributed by atoms with Gasteiger partial charge >= 0.3 is 0 Å². The normalized spacial score (nSPS) is 10.2. The first-order valence-electron chi connectivity index (χ1n) is 5.57. The van der Waals surface area contributed by atoms with Crippen molar-refractivity contribution in [1.82, 2.24) is 4.98 Å². The van der Waals surface area contributed by atoms with E-state index in [1.807, 2.05) is 12.3 Å². The van der Waals surface area contributed by atoms with Crippen molar-refractivity contribution in [2.75, 3.05) is 12.4 Å². The molecule has 0 bridgehead atoms. The molecule has 2 rings (SSSR count). The minimum absolute atomic E-state index is 0.0265. The lowest BCUT2D eigenvalue weighted by atomic mass is 10.2. The first kappa shape index (κ1) is 13.3. The zero-order chi connectivity index (χ0) is 13.8. The number of aryl methyl sites for hydroxylation is 1. The van der Waals surface area contributed by atoms with Gasteiger partial charge in [-0.3, -0.25) is 10.1 Å². The Morgan fingerprint density at radius 3 is 2.89 bits per heavy atom. The van der Waals surface area contributed by atoms with Crippen LogP contribution in [0, 0.1) is 17.0 Å². The van der Waals surface area contributed by atoms with Crippen LogP contribution in [0.4, 0.5) is 11.4 Å². The summed E-state index contributed by atoms with van der Waals surface area (Å²) in [5.41, 5.74) is 1.58. The average molecular weight is 279 g/mol. The number of benzene rings is 1. The van der Waals surface area contributed by atoms with Crippen LogP contribution in [0.5, 0.6) is 5.75 Å². The highest BCUT2D eigenvalue weighted by molar-refractivity contribution is 7.09. The standard InChI is InChI=1S/C12H13N3O3S/c1-8-7-19-12(14-8)6-13-10-5-9(15(16)17)3-4-11(10)18-2/h3-5,7,13H,6H2,1-2H3. The summed E-state index contributed by atoms with van der Waals surface area (Å²) in [6.45, 7) is 2.43. The number of rotatable bonds is 5. The van der Waals surface area contributed by atoms with Gasteiger partial charge in [-0.25, -0.2) is 4.98 Å². The van der Waals surface area contributed by atoms with Gasteiger partial charge in [0, 0.05) is 23.2 Å². The number of aromatic nitrogens is 1. The molecular weight excluding hydrogens is 266 g/mol. The maximum Gasteiger partial charge on any atom is 0.271 e. The summed E-state index contributed by atoms with van der Waals surface area (Å²) in [6.07, 6.45) is 0. The molecule has 0 amide bonds. The molecule has 19 heavy (non-hydrogen) atoms. The molecule has 0 saturated heterocycles. The number of nitro benzene ring substituents is 1. The zero-order valence-corrected chi connectivity index (χ0v) is 11.4. The highest BCUT2D eigenvalue weighted by Crippen LogP contribution is 2.29. The van der Waals surface area contributed by atoms with Crippen LogP contribution in [0.25, 0.3) is 0 Å². The van der Waals surface area contributed by atoms with Gasteiger partial charge in [-0.15, -0.1) is 11.3 Å². The number of nitrogens with one attached hydrogen (secondary N) is 1. The summed E-state index contributed by atoms with van der Waals surface area (Å²) < 4.78 is 5.17. The molecule has 0 aliphatic heterocycles. The summed E-state index contributed by atoms with van der Waals surface area (Å²) in [6, 6.07) is 4.45. The number of hydrogen-bond donors (Lipinski definition) is 1. The van der Waals surface area contributed by atoms with Crippen LogP contribution >= 0.6 is 11.3 Å². The summed E-state index contributed by atoms with van der Waals surface area (Å²) >= 11 is 1.54. The molecule has 100 valence electrons. The number of methoxy groups -OCH3 is 1. The van der Waals surface area contributed by atoms with Gasteiger partial charge < -0.3 is 10.1 Å². The fourth-order valence-electron chi connectivity index (χ4n) is 1.60. The molecule has 1 N–H and O–H groups in total. The van der Waals surface area contributed by atoms with Crippen LogP contribution in [0.1, 0.15) is 10.7 Å². The summed E-state index contributed by atoms with van der Waals surface area (Å²) in [5, 5.41) is 16.7. The van der Waals surface area contributed by atoms with E-state index in [1.54, 1.807) is 17.4 Å². The largest absolute Gasteiger partial charge is 0.495 e. The van der Waals surface area contributed by atoms with Crippen molar-refractivity contribution in [2.24, 2.45) is 0 Å². The third-order valence-electron chi connectivity index (χ3n) is 2.49. The first-order valence-corrected chi connectivity index (χ1v) is 6.45. The second kappa shape index (κ2) is 5.66. The van der Waals surface area contributed by atoms with Crippen LogP contribution in [0.3, 0.4) is 0 Å². The van der Waals surface area contributed by atoms with E-state index in [-0.39, 0.29) is 5.69 Å². The van der Waals surface area contributed by atoms with Crippen molar-refractivity contribution >= 4 is 22.7 Å². The van der Waals surface area contributed by atoms with Gasteiger partial charge in [-0.1, -0.05) is 0 Å². The zero-order valence-electron chi connectivity index (χ0n) is 10.5. The Labute approximate surface area is 114 Å². The average Bonchev–Trinajstić information content (AvgIpc) is 2.81. The summed E-state index contributed by atoms with van der Waals surface area (Å²) in [5.74, 6) is 0.568. The van der Waals surface area contributed by atoms with Gasteiger partial charge in [0.15, 0.2) is 0 Å². The number of hydrogen-bond acceptors (Lipinski definition) is 6. The second-order valence-corrected chi connectivity index (χ2v) is 4.82. The van der Waals surface area contributed by atoms with Crippen LogP contribution in [-0.4, -0.2) is 17.0 Å². The van der Waals surface area contributed by atoms with Crippen molar-refractivity contribution in [3.63, 3.8) is 0 Å². The van der Waals surface area contributed by atoms with E-state index in [2.05, 4.69) is 10.3 Å². The molecule has 0 spiro atoms. The molecule has 0 saturated carbocycles. The minimum Gasteiger partial charge on any atom is -0.495 e. The predicted molar refractivity (Wildman–Crippen MR) is 73.8 cm³/mol. The number of anilines is 1. The molecule has 0 unspecified atom stereocenters. The topological polar surface area (TPSA) is 77.3 Å². The third kappa shape index (κ3) is 3.19. The molecule has 7 heteroatoms. The van der Waals surface area contributed by atoms with E-state index >= 15 is 0 Å². The molecular formula is C12H13N3O3S. The SMILES string of the molecule is COc1ccc([N+](=O)[O-])cc1NCc1nc(C)cs1. The van der Waals surface area contributed by atoms with Gasteiger partial charge in [0.25, 0.3) is 5.69 Å². The predicted octanol–water partition coefficient (Wildman–Crippen LogP) is 2.98. The van der Waals surface area contributed by atoms with Crippen molar-refractivity contribution in [2.45, 2.75) is 13.5 Å². The Hall–Kier alpha value is -2.15. The lowest BCUT2D eigenvalue weighted by Gasteiger charge is -2.09. The van der Waals surface area contributed by atoms with Crippen molar-refractivity contribution in [3.8, 4) is 5.75 Å². The van der Waals surface area contributed by atoms with E-state index in [4.69, 9.17) is 4.74 Å². The van der Waals surface area contributed by atoms with E-state index in [0.29, 0.717) is 18.0 Å². The summed E-state index contributed by atoms with van der Waals surface area (Å²) in [4.78, 5) is 14.6. The fraction of sp³-hybridized carbons (Fsp3) is 0.250. The molecule has 1 heterocycles. The molecule has 6 nitrogen and oxygen atoms in total. The number of ether oxygens (including phenoxy) is 1. The molecule has 1 aromatic heterocycles. The maximum atomic E-state index is 10.8. The fourth-order valence-corrected chi connectivity index (χ4v) is 2.31. The number of thiazole rings is 1. The summed E-state index contributed by atoms with van der Waals surface area (Å²) in [7, 11) is 1.53. The Morgan fingerprint density at radius 1 is 1.53 bits per heavy atom. The van der Waals surface area contributed by atoms with E-state index < -0.39 is 4.92 Å².